The number of phenols is 1. The van der Waals surface area contributed by atoms with E-state index in [1.54, 1.807) is 31.2 Å². The van der Waals surface area contributed by atoms with E-state index in [9.17, 15) is 14.7 Å². The van der Waals surface area contributed by atoms with Gasteiger partial charge in [-0.15, -0.1) is 0 Å². The summed E-state index contributed by atoms with van der Waals surface area (Å²) in [5.41, 5.74) is 6.75. The number of carbonyl (C=O) groups is 2. The fourth-order valence-electron chi connectivity index (χ4n) is 2.11. The Kier molecular flexibility index (Phi) is 9.76. The average Bonchev–Trinajstić information content (AvgIpc) is 2.52. The second-order valence-electron chi connectivity index (χ2n) is 5.15. The number of likely N-dealkylation sites (N-methyl/N-ethyl adjacent to an activating group) is 1. The molecule has 2 atom stereocenters. The molecule has 6 nitrogen and oxygen atoms in total. The second kappa shape index (κ2) is 10.7. The van der Waals surface area contributed by atoms with Crippen molar-refractivity contribution in [1.82, 2.24) is 10.6 Å². The Balaban J connectivity index is 0.00000484. The summed E-state index contributed by atoms with van der Waals surface area (Å²) >= 11 is 0. The molecule has 5 N–H and O–H groups in total. The Morgan fingerprint density at radius 3 is 2.35 bits per heavy atom. The first-order chi connectivity index (χ1) is 10.5. The number of nitrogens with two attached hydrogens (primary N) is 1. The van der Waals surface area contributed by atoms with Crippen molar-refractivity contribution in [3.05, 3.63) is 29.8 Å². The minimum absolute atomic E-state index is 0. The van der Waals surface area contributed by atoms with Gasteiger partial charge in [-0.25, -0.2) is 0 Å². The van der Waals surface area contributed by atoms with E-state index in [1.807, 2.05) is 6.92 Å². The summed E-state index contributed by atoms with van der Waals surface area (Å²) in [5, 5.41) is 15.0. The van der Waals surface area contributed by atoms with Crippen LogP contribution >= 0.6 is 0 Å². The lowest BCUT2D eigenvalue weighted by Crippen LogP contribution is -2.50. The molecule has 1 amide bonds. The summed E-state index contributed by atoms with van der Waals surface area (Å²) in [4.78, 5) is 23.7. The first-order valence-corrected chi connectivity index (χ1v) is 7.55. The van der Waals surface area contributed by atoms with E-state index >= 15 is 0 Å². The van der Waals surface area contributed by atoms with Crippen LogP contribution in [-0.2, 0) is 16.0 Å². The van der Waals surface area contributed by atoms with Crippen molar-refractivity contribution < 1.29 is 19.4 Å². The van der Waals surface area contributed by atoms with Crippen LogP contribution in [0.2, 0.25) is 0 Å². The van der Waals surface area contributed by atoms with E-state index < -0.39 is 6.04 Å². The normalized spacial score (nSPS) is 12.8. The second-order valence-corrected chi connectivity index (χ2v) is 5.15. The number of hydrogen-bond donors (Lipinski definition) is 4. The number of Topliss-reactive ketones (excluding diaryl/α,β-unsaturated/α-hetero) is 1. The molecule has 0 heterocycles. The SMILES string of the molecule is CCN[C@@H](CNC(=O)C(N)Cc1ccc(O)cc1)C(=O)CC.F. The zero-order valence-electron chi connectivity index (χ0n) is 13.5. The van der Waals surface area contributed by atoms with Crippen LogP contribution < -0.4 is 16.4 Å². The van der Waals surface area contributed by atoms with Gasteiger partial charge in [-0.05, 0) is 30.7 Å². The van der Waals surface area contributed by atoms with Crippen LogP contribution in [0.15, 0.2) is 24.3 Å². The molecule has 1 aromatic rings. The van der Waals surface area contributed by atoms with Crippen LogP contribution in [0, 0.1) is 0 Å². The summed E-state index contributed by atoms with van der Waals surface area (Å²) in [6, 6.07) is 5.50. The molecule has 23 heavy (non-hydrogen) atoms. The van der Waals surface area contributed by atoms with Crippen LogP contribution in [0.3, 0.4) is 0 Å². The highest BCUT2D eigenvalue weighted by molar-refractivity contribution is 5.86. The fraction of sp³-hybridized carbons (Fsp3) is 0.500. The number of hydrogen-bond acceptors (Lipinski definition) is 5. The van der Waals surface area contributed by atoms with Gasteiger partial charge in [0.2, 0.25) is 5.91 Å². The molecular weight excluding hydrogens is 301 g/mol. The predicted molar refractivity (Wildman–Crippen MR) is 88.1 cm³/mol. The lowest BCUT2D eigenvalue weighted by atomic mass is 10.1. The van der Waals surface area contributed by atoms with Crippen LogP contribution in [-0.4, -0.2) is 42.0 Å². The van der Waals surface area contributed by atoms with Crippen molar-refractivity contribution >= 4 is 11.7 Å². The highest BCUT2D eigenvalue weighted by atomic mass is 19.0. The van der Waals surface area contributed by atoms with Crippen molar-refractivity contribution in [2.24, 2.45) is 5.73 Å². The number of benzene rings is 1. The summed E-state index contributed by atoms with van der Waals surface area (Å²) in [7, 11) is 0. The number of halogens is 1. The van der Waals surface area contributed by atoms with Gasteiger partial charge in [0.15, 0.2) is 5.78 Å². The van der Waals surface area contributed by atoms with Gasteiger partial charge in [0.05, 0.1) is 12.1 Å². The smallest absolute Gasteiger partial charge is 0.237 e. The summed E-state index contributed by atoms with van der Waals surface area (Å²) in [6.07, 6.45) is 0.798. The number of carbonyl (C=O) groups excluding carboxylic acids is 2. The fourth-order valence-corrected chi connectivity index (χ4v) is 2.11. The predicted octanol–water partition coefficient (Wildman–Crippen LogP) is 0.488. The van der Waals surface area contributed by atoms with Gasteiger partial charge in [0, 0.05) is 13.0 Å². The van der Waals surface area contributed by atoms with Gasteiger partial charge in [-0.3, -0.25) is 14.3 Å². The highest BCUT2D eigenvalue weighted by Gasteiger charge is 2.19. The molecule has 0 saturated heterocycles. The third-order valence-corrected chi connectivity index (χ3v) is 3.40. The molecule has 0 aliphatic carbocycles. The summed E-state index contributed by atoms with van der Waals surface area (Å²) in [6.45, 7) is 4.60. The monoisotopic (exact) mass is 327 g/mol. The first-order valence-electron chi connectivity index (χ1n) is 7.55. The van der Waals surface area contributed by atoms with Gasteiger partial charge in [0.1, 0.15) is 5.75 Å². The zero-order valence-corrected chi connectivity index (χ0v) is 13.5. The largest absolute Gasteiger partial charge is 0.508 e. The Morgan fingerprint density at radius 1 is 1.22 bits per heavy atom. The zero-order chi connectivity index (χ0) is 16.5. The van der Waals surface area contributed by atoms with E-state index in [0.29, 0.717) is 19.4 Å². The molecule has 0 fully saturated rings. The minimum Gasteiger partial charge on any atom is -0.508 e. The van der Waals surface area contributed by atoms with E-state index in [2.05, 4.69) is 10.6 Å². The average molecular weight is 327 g/mol. The molecule has 0 bridgehead atoms. The molecule has 0 aromatic heterocycles. The number of amides is 1. The van der Waals surface area contributed by atoms with Gasteiger partial charge in [-0.1, -0.05) is 26.0 Å². The van der Waals surface area contributed by atoms with E-state index in [0.717, 1.165) is 5.56 Å². The van der Waals surface area contributed by atoms with Crippen LogP contribution in [0.4, 0.5) is 4.70 Å². The first kappa shape index (κ1) is 21.0. The highest BCUT2D eigenvalue weighted by Crippen LogP contribution is 2.10. The van der Waals surface area contributed by atoms with Gasteiger partial charge >= 0.3 is 0 Å². The number of phenolic OH excluding ortho intramolecular Hbond substituents is 1. The molecule has 0 aliphatic rings. The Labute approximate surface area is 135 Å². The molecule has 0 saturated carbocycles. The Morgan fingerprint density at radius 2 is 1.83 bits per heavy atom. The minimum atomic E-state index is -0.691. The Hall–Kier alpha value is -1.99. The molecule has 1 aromatic carbocycles. The molecule has 0 radical (unpaired) electrons. The summed E-state index contributed by atoms with van der Waals surface area (Å²) < 4.78 is 0. The van der Waals surface area contributed by atoms with Crippen LogP contribution in [0.1, 0.15) is 25.8 Å². The molecule has 0 aliphatic heterocycles. The molecular formula is C16H26FN3O3. The van der Waals surface area contributed by atoms with Crippen LogP contribution in [0.25, 0.3) is 0 Å². The maximum Gasteiger partial charge on any atom is 0.237 e. The maximum absolute atomic E-state index is 12.0. The third kappa shape index (κ3) is 7.21. The van der Waals surface area contributed by atoms with E-state index in [1.165, 1.54) is 0 Å². The molecule has 1 rings (SSSR count). The van der Waals surface area contributed by atoms with Gasteiger partial charge in [0.25, 0.3) is 0 Å². The maximum atomic E-state index is 12.0. The van der Waals surface area contributed by atoms with Crippen molar-refractivity contribution in [2.75, 3.05) is 13.1 Å². The van der Waals surface area contributed by atoms with Crippen molar-refractivity contribution in [3.63, 3.8) is 0 Å². The number of nitrogens with one attached hydrogen (secondary N) is 2. The number of ketones is 1. The summed E-state index contributed by atoms with van der Waals surface area (Å²) in [5.74, 6) is -0.0533. The molecule has 0 spiro atoms. The van der Waals surface area contributed by atoms with E-state index in [-0.39, 0.29) is 34.7 Å². The van der Waals surface area contributed by atoms with Crippen molar-refractivity contribution in [1.29, 1.82) is 0 Å². The van der Waals surface area contributed by atoms with Crippen molar-refractivity contribution in [2.45, 2.75) is 38.8 Å². The van der Waals surface area contributed by atoms with Crippen LogP contribution in [0.5, 0.6) is 5.75 Å². The standard InChI is InChI=1S/C16H25N3O3.FH/c1-3-15(21)14(18-4-2)10-19-16(22)13(17)9-11-5-7-12(20)8-6-11;/h5-8,13-14,18,20H,3-4,9-10,17H2,1-2H3,(H,19,22);1H/t13?,14-;/m0./s1. The van der Waals surface area contributed by atoms with E-state index in [4.69, 9.17) is 5.73 Å². The third-order valence-electron chi connectivity index (χ3n) is 3.40. The number of aromatic hydroxyl groups is 1. The molecule has 130 valence electrons. The molecule has 1 unspecified atom stereocenters. The van der Waals surface area contributed by atoms with Crippen molar-refractivity contribution in [3.8, 4) is 5.75 Å². The Bertz CT molecular complexity index is 494. The molecule has 7 heteroatoms. The van der Waals surface area contributed by atoms with Gasteiger partial charge in [-0.2, -0.15) is 0 Å². The lowest BCUT2D eigenvalue weighted by molar-refractivity contribution is -0.123. The van der Waals surface area contributed by atoms with Gasteiger partial charge < -0.3 is 21.5 Å². The lowest BCUT2D eigenvalue weighted by Gasteiger charge is -2.18. The topological polar surface area (TPSA) is 104 Å². The number of rotatable bonds is 9. The quantitative estimate of drug-likeness (QED) is 0.528.